The van der Waals surface area contributed by atoms with E-state index in [1.165, 1.54) is 25.6 Å². The lowest BCUT2D eigenvalue weighted by molar-refractivity contribution is 0.0599. The molecule has 0 bridgehead atoms. The topological polar surface area (TPSA) is 120 Å². The number of halogens is 1. The van der Waals surface area contributed by atoms with Gasteiger partial charge >= 0.3 is 5.97 Å². The van der Waals surface area contributed by atoms with Gasteiger partial charge in [0.25, 0.3) is 0 Å². The molecule has 1 aliphatic rings. The van der Waals surface area contributed by atoms with Gasteiger partial charge < -0.3 is 19.7 Å². The smallest absolute Gasteiger partial charge is 0.341 e. The highest BCUT2D eigenvalue weighted by Crippen LogP contribution is 2.36. The van der Waals surface area contributed by atoms with Crippen LogP contribution in [-0.2, 0) is 24.3 Å². The summed E-state index contributed by atoms with van der Waals surface area (Å²) < 4.78 is 19.4. The van der Waals surface area contributed by atoms with Gasteiger partial charge in [0.15, 0.2) is 0 Å². The summed E-state index contributed by atoms with van der Waals surface area (Å²) in [5, 5.41) is 17.9. The van der Waals surface area contributed by atoms with Gasteiger partial charge in [0.05, 0.1) is 30.5 Å². The first kappa shape index (κ1) is 19.2. The summed E-state index contributed by atoms with van der Waals surface area (Å²) in [5.74, 6) is -0.494. The molecule has 158 valence electrons. The van der Waals surface area contributed by atoms with Crippen molar-refractivity contribution >= 4 is 22.8 Å². The maximum absolute atomic E-state index is 14.7. The summed E-state index contributed by atoms with van der Waals surface area (Å²) in [6.07, 6.45) is 5.28. The van der Waals surface area contributed by atoms with Crippen molar-refractivity contribution < 1.29 is 19.0 Å². The molecule has 0 fully saturated rings. The van der Waals surface area contributed by atoms with Gasteiger partial charge in [0.2, 0.25) is 5.95 Å². The predicted octanol–water partition coefficient (Wildman–Crippen LogP) is 2.33. The Bertz CT molecular complexity index is 1280. The number of benzene rings is 1. The molecular weight excluding hydrogens is 403 g/mol. The molecule has 9 nitrogen and oxygen atoms in total. The average molecular weight is 422 g/mol. The van der Waals surface area contributed by atoms with Crippen LogP contribution < -0.4 is 4.90 Å². The highest BCUT2D eigenvalue weighted by Gasteiger charge is 2.26. The zero-order chi connectivity index (χ0) is 21.5. The van der Waals surface area contributed by atoms with E-state index in [0.717, 1.165) is 16.6 Å². The number of aliphatic hydroxyl groups excluding tert-OH is 1. The SMILES string of the molecule is COC(=O)c1cnc(N2CCc3[nH]nc(-c4cc(F)c(CO)c5[nH]ccc45)c3C2)nc1. The van der Waals surface area contributed by atoms with Crippen LogP contribution in [0.4, 0.5) is 10.3 Å². The highest BCUT2D eigenvalue weighted by molar-refractivity contribution is 5.97. The Labute approximate surface area is 175 Å². The van der Waals surface area contributed by atoms with Crippen molar-refractivity contribution in [3.8, 4) is 11.3 Å². The lowest BCUT2D eigenvalue weighted by Gasteiger charge is -2.27. The van der Waals surface area contributed by atoms with Crippen LogP contribution in [0.5, 0.6) is 0 Å². The molecule has 5 rings (SSSR count). The lowest BCUT2D eigenvalue weighted by Crippen LogP contribution is -2.31. The van der Waals surface area contributed by atoms with Crippen LogP contribution in [0.3, 0.4) is 0 Å². The number of aromatic amines is 2. The lowest BCUT2D eigenvalue weighted by atomic mass is 9.97. The fourth-order valence-corrected chi connectivity index (χ4v) is 4.00. The van der Waals surface area contributed by atoms with Crippen LogP contribution in [0, 0.1) is 5.82 Å². The zero-order valence-corrected chi connectivity index (χ0v) is 16.6. The number of aliphatic hydroxyl groups is 1. The predicted molar refractivity (Wildman–Crippen MR) is 110 cm³/mol. The standard InChI is InChI=1S/C21H19FN6O3/c1-31-20(30)11-7-24-21(25-8-11)28-5-3-17-14(9-28)19(27-26-17)13-6-16(22)15(10-29)18-12(13)2-4-23-18/h2,4,6-8,23,29H,3,5,9-10H2,1H3,(H,26,27). The molecule has 0 atom stereocenters. The zero-order valence-electron chi connectivity index (χ0n) is 16.6. The van der Waals surface area contributed by atoms with Crippen molar-refractivity contribution in [2.24, 2.45) is 0 Å². The number of ether oxygens (including phenoxy) is 1. The molecule has 0 amide bonds. The molecule has 10 heteroatoms. The van der Waals surface area contributed by atoms with E-state index >= 15 is 0 Å². The van der Waals surface area contributed by atoms with Crippen molar-refractivity contribution in [1.82, 2.24) is 25.1 Å². The van der Waals surface area contributed by atoms with Gasteiger partial charge in [-0.3, -0.25) is 5.10 Å². The average Bonchev–Trinajstić information content (AvgIpc) is 3.45. The molecule has 31 heavy (non-hydrogen) atoms. The number of aromatic nitrogens is 5. The van der Waals surface area contributed by atoms with E-state index in [1.54, 1.807) is 6.20 Å². The van der Waals surface area contributed by atoms with Gasteiger partial charge in [-0.15, -0.1) is 0 Å². The molecule has 0 aliphatic carbocycles. The summed E-state index contributed by atoms with van der Waals surface area (Å²) in [6, 6.07) is 3.26. The Kier molecular flexibility index (Phi) is 4.63. The van der Waals surface area contributed by atoms with E-state index in [9.17, 15) is 14.3 Å². The highest BCUT2D eigenvalue weighted by atomic mass is 19.1. The molecule has 1 aliphatic heterocycles. The van der Waals surface area contributed by atoms with E-state index in [1.807, 2.05) is 11.0 Å². The van der Waals surface area contributed by atoms with E-state index < -0.39 is 18.4 Å². The van der Waals surface area contributed by atoms with E-state index in [0.29, 0.717) is 42.2 Å². The first-order chi connectivity index (χ1) is 15.1. The molecule has 3 N–H and O–H groups in total. The molecule has 4 heterocycles. The van der Waals surface area contributed by atoms with Crippen LogP contribution in [0.2, 0.25) is 0 Å². The Morgan fingerprint density at radius 1 is 1.35 bits per heavy atom. The second-order valence-electron chi connectivity index (χ2n) is 7.27. The molecule has 0 spiro atoms. The molecule has 1 aromatic carbocycles. The van der Waals surface area contributed by atoms with E-state index in [2.05, 4.69) is 29.9 Å². The molecular formula is C21H19FN6O3. The second-order valence-corrected chi connectivity index (χ2v) is 7.27. The van der Waals surface area contributed by atoms with Crippen molar-refractivity contribution in [2.75, 3.05) is 18.6 Å². The Balaban J connectivity index is 1.52. The monoisotopic (exact) mass is 422 g/mol. The molecule has 0 saturated heterocycles. The maximum atomic E-state index is 14.7. The Hall–Kier alpha value is -3.79. The number of rotatable bonds is 4. The van der Waals surface area contributed by atoms with Crippen LogP contribution in [0.15, 0.2) is 30.7 Å². The van der Waals surface area contributed by atoms with E-state index in [-0.39, 0.29) is 11.1 Å². The number of carbonyl (C=O) groups excluding carboxylic acids is 1. The van der Waals surface area contributed by atoms with Crippen LogP contribution in [0.25, 0.3) is 22.2 Å². The van der Waals surface area contributed by atoms with Crippen molar-refractivity contribution in [1.29, 1.82) is 0 Å². The largest absolute Gasteiger partial charge is 0.465 e. The minimum absolute atomic E-state index is 0.230. The number of hydrogen-bond donors (Lipinski definition) is 3. The van der Waals surface area contributed by atoms with E-state index in [4.69, 9.17) is 0 Å². The van der Waals surface area contributed by atoms with Crippen LogP contribution in [0.1, 0.15) is 27.2 Å². The number of nitrogens with zero attached hydrogens (tertiary/aromatic N) is 4. The first-order valence-corrected chi connectivity index (χ1v) is 9.71. The summed E-state index contributed by atoms with van der Waals surface area (Å²) >= 11 is 0. The number of H-pyrrole nitrogens is 2. The molecule has 4 aromatic rings. The molecule has 3 aromatic heterocycles. The number of carbonyl (C=O) groups is 1. The Morgan fingerprint density at radius 2 is 2.16 bits per heavy atom. The van der Waals surface area contributed by atoms with Gasteiger partial charge in [-0.05, 0) is 12.1 Å². The normalized spacial score (nSPS) is 13.5. The summed E-state index contributed by atoms with van der Waals surface area (Å²) in [5.41, 5.74) is 4.28. The molecule has 0 saturated carbocycles. The van der Waals surface area contributed by atoms with Crippen molar-refractivity contribution in [3.63, 3.8) is 0 Å². The van der Waals surface area contributed by atoms with Crippen molar-refractivity contribution in [3.05, 3.63) is 58.9 Å². The van der Waals surface area contributed by atoms with Crippen molar-refractivity contribution in [2.45, 2.75) is 19.6 Å². The Morgan fingerprint density at radius 3 is 2.90 bits per heavy atom. The van der Waals surface area contributed by atoms with Gasteiger partial charge in [-0.25, -0.2) is 19.2 Å². The minimum Gasteiger partial charge on any atom is -0.465 e. The third-order valence-electron chi connectivity index (χ3n) is 5.59. The fourth-order valence-electron chi connectivity index (χ4n) is 4.00. The number of esters is 1. The fraction of sp³-hybridized carbons (Fsp3) is 0.238. The number of nitrogens with one attached hydrogen (secondary N) is 2. The number of hydrogen-bond acceptors (Lipinski definition) is 7. The van der Waals surface area contributed by atoms with Crippen LogP contribution >= 0.6 is 0 Å². The number of methoxy groups -OCH3 is 1. The molecule has 0 radical (unpaired) electrons. The van der Waals surface area contributed by atoms with Gasteiger partial charge in [-0.2, -0.15) is 5.10 Å². The third kappa shape index (κ3) is 3.12. The molecule has 0 unspecified atom stereocenters. The third-order valence-corrected chi connectivity index (χ3v) is 5.59. The van der Waals surface area contributed by atoms with Crippen LogP contribution in [-0.4, -0.2) is 49.9 Å². The summed E-state index contributed by atoms with van der Waals surface area (Å²) in [7, 11) is 1.31. The van der Waals surface area contributed by atoms with Gasteiger partial charge in [0.1, 0.15) is 5.82 Å². The summed E-state index contributed by atoms with van der Waals surface area (Å²) in [6.45, 7) is 0.756. The quantitative estimate of drug-likeness (QED) is 0.432. The first-order valence-electron chi connectivity index (χ1n) is 9.71. The summed E-state index contributed by atoms with van der Waals surface area (Å²) in [4.78, 5) is 25.2. The van der Waals surface area contributed by atoms with Gasteiger partial charge in [-0.1, -0.05) is 0 Å². The van der Waals surface area contributed by atoms with Gasteiger partial charge in [0, 0.05) is 65.9 Å². The second kappa shape index (κ2) is 7.47. The minimum atomic E-state index is -0.492. The number of anilines is 1. The number of fused-ring (bicyclic) bond motifs is 2. The maximum Gasteiger partial charge on any atom is 0.341 e.